The third-order valence-electron chi connectivity index (χ3n) is 2.85. The molecule has 0 saturated carbocycles. The molecule has 1 aromatic carbocycles. The van der Waals surface area contributed by atoms with Crippen molar-refractivity contribution < 1.29 is 15.0 Å². The molecule has 4 heteroatoms. The third-order valence-corrected chi connectivity index (χ3v) is 2.85. The first-order chi connectivity index (χ1) is 7.66. The van der Waals surface area contributed by atoms with Crippen LogP contribution in [0.1, 0.15) is 18.4 Å². The highest BCUT2D eigenvalue weighted by Gasteiger charge is 2.18. The number of hydrogen-bond acceptors (Lipinski definition) is 3. The average molecular weight is 221 g/mol. The molecule has 1 fully saturated rings. The van der Waals surface area contributed by atoms with Crippen molar-refractivity contribution in [2.75, 3.05) is 13.1 Å². The smallest absolute Gasteiger partial charge is 0.226 e. The Bertz CT molecular complexity index is 397. The number of phenols is 2. The number of amides is 1. The molecule has 86 valence electrons. The van der Waals surface area contributed by atoms with Gasteiger partial charge in [0.2, 0.25) is 5.91 Å². The number of aromatic hydroxyl groups is 2. The van der Waals surface area contributed by atoms with Crippen molar-refractivity contribution in [3.63, 3.8) is 0 Å². The van der Waals surface area contributed by atoms with E-state index in [1.807, 2.05) is 4.90 Å². The lowest BCUT2D eigenvalue weighted by Crippen LogP contribution is -2.28. The first kappa shape index (κ1) is 10.8. The van der Waals surface area contributed by atoms with E-state index in [0.29, 0.717) is 0 Å². The summed E-state index contributed by atoms with van der Waals surface area (Å²) < 4.78 is 0. The molecule has 1 heterocycles. The number of carbonyl (C=O) groups is 1. The van der Waals surface area contributed by atoms with E-state index in [-0.39, 0.29) is 23.8 Å². The van der Waals surface area contributed by atoms with Crippen molar-refractivity contribution in [3.8, 4) is 11.5 Å². The Kier molecular flexibility index (Phi) is 2.99. The maximum Gasteiger partial charge on any atom is 0.226 e. The molecule has 1 saturated heterocycles. The maximum absolute atomic E-state index is 11.8. The number of rotatable bonds is 2. The average Bonchev–Trinajstić information content (AvgIpc) is 2.77. The van der Waals surface area contributed by atoms with Crippen molar-refractivity contribution in [2.24, 2.45) is 0 Å². The van der Waals surface area contributed by atoms with E-state index in [2.05, 4.69) is 0 Å². The number of hydrogen-bond donors (Lipinski definition) is 2. The van der Waals surface area contributed by atoms with Crippen LogP contribution in [0.5, 0.6) is 11.5 Å². The van der Waals surface area contributed by atoms with Crippen LogP contribution in [0.25, 0.3) is 0 Å². The Morgan fingerprint density at radius 1 is 1.19 bits per heavy atom. The normalized spacial score (nSPS) is 15.4. The van der Waals surface area contributed by atoms with Gasteiger partial charge in [0.25, 0.3) is 0 Å². The van der Waals surface area contributed by atoms with E-state index in [9.17, 15) is 9.90 Å². The minimum Gasteiger partial charge on any atom is -0.504 e. The summed E-state index contributed by atoms with van der Waals surface area (Å²) in [6.45, 7) is 1.67. The van der Waals surface area contributed by atoms with Gasteiger partial charge < -0.3 is 15.1 Å². The fourth-order valence-corrected chi connectivity index (χ4v) is 1.93. The van der Waals surface area contributed by atoms with Crippen LogP contribution in [0.3, 0.4) is 0 Å². The van der Waals surface area contributed by atoms with Gasteiger partial charge in [0.15, 0.2) is 11.5 Å². The van der Waals surface area contributed by atoms with E-state index in [1.54, 1.807) is 6.07 Å². The van der Waals surface area contributed by atoms with E-state index in [4.69, 9.17) is 5.11 Å². The first-order valence-corrected chi connectivity index (χ1v) is 5.45. The van der Waals surface area contributed by atoms with Crippen LogP contribution in [-0.2, 0) is 11.2 Å². The molecule has 0 unspecified atom stereocenters. The molecule has 0 spiro atoms. The fraction of sp³-hybridized carbons (Fsp3) is 0.417. The largest absolute Gasteiger partial charge is 0.504 e. The Balaban J connectivity index is 2.02. The number of likely N-dealkylation sites (tertiary alicyclic amines) is 1. The molecule has 0 atom stereocenters. The van der Waals surface area contributed by atoms with Gasteiger partial charge in [0.05, 0.1) is 6.42 Å². The molecule has 2 N–H and O–H groups in total. The molecule has 16 heavy (non-hydrogen) atoms. The first-order valence-electron chi connectivity index (χ1n) is 5.45. The Morgan fingerprint density at radius 3 is 2.50 bits per heavy atom. The summed E-state index contributed by atoms with van der Waals surface area (Å²) in [6, 6.07) is 4.49. The molecule has 1 aliphatic rings. The molecular weight excluding hydrogens is 206 g/mol. The summed E-state index contributed by atoms with van der Waals surface area (Å²) in [5, 5.41) is 18.4. The molecular formula is C12H15NO3. The van der Waals surface area contributed by atoms with Gasteiger partial charge in [-0.15, -0.1) is 0 Å². The molecule has 1 amide bonds. The van der Waals surface area contributed by atoms with Crippen molar-refractivity contribution in [1.82, 2.24) is 4.90 Å². The molecule has 0 radical (unpaired) electrons. The molecule has 0 aromatic heterocycles. The Hall–Kier alpha value is -1.71. The zero-order chi connectivity index (χ0) is 11.5. The third kappa shape index (κ3) is 2.27. The van der Waals surface area contributed by atoms with E-state index in [1.165, 1.54) is 12.1 Å². The highest BCUT2D eigenvalue weighted by Crippen LogP contribution is 2.25. The Labute approximate surface area is 94.1 Å². The van der Waals surface area contributed by atoms with Crippen LogP contribution in [0, 0.1) is 0 Å². The lowest BCUT2D eigenvalue weighted by Gasteiger charge is -2.15. The van der Waals surface area contributed by atoms with Crippen molar-refractivity contribution >= 4 is 5.91 Å². The second-order valence-electron chi connectivity index (χ2n) is 4.09. The second-order valence-corrected chi connectivity index (χ2v) is 4.09. The van der Waals surface area contributed by atoms with Gasteiger partial charge in [0, 0.05) is 13.1 Å². The van der Waals surface area contributed by atoms with E-state index >= 15 is 0 Å². The van der Waals surface area contributed by atoms with Crippen LogP contribution < -0.4 is 0 Å². The molecule has 0 aliphatic carbocycles. The van der Waals surface area contributed by atoms with Gasteiger partial charge >= 0.3 is 0 Å². The summed E-state index contributed by atoms with van der Waals surface area (Å²) >= 11 is 0. The fourth-order valence-electron chi connectivity index (χ4n) is 1.93. The number of phenolic OH excluding ortho intramolecular Hbond substituents is 2. The number of benzene rings is 1. The Morgan fingerprint density at radius 2 is 1.88 bits per heavy atom. The SMILES string of the molecule is O=C(Cc1ccc(O)c(O)c1)N1CCCC1. The lowest BCUT2D eigenvalue weighted by molar-refractivity contribution is -0.129. The van der Waals surface area contributed by atoms with Crippen molar-refractivity contribution in [2.45, 2.75) is 19.3 Å². The van der Waals surface area contributed by atoms with Gasteiger partial charge in [-0.2, -0.15) is 0 Å². The van der Waals surface area contributed by atoms with Crippen molar-refractivity contribution in [1.29, 1.82) is 0 Å². The molecule has 1 aromatic rings. The zero-order valence-corrected chi connectivity index (χ0v) is 9.02. The zero-order valence-electron chi connectivity index (χ0n) is 9.02. The predicted molar refractivity (Wildman–Crippen MR) is 59.3 cm³/mol. The highest BCUT2D eigenvalue weighted by molar-refractivity contribution is 5.79. The standard InChI is InChI=1S/C12H15NO3/c14-10-4-3-9(7-11(10)15)8-12(16)13-5-1-2-6-13/h3-4,7,14-15H,1-2,5-6,8H2. The predicted octanol–water partition coefficient (Wildman–Crippen LogP) is 1.26. The number of nitrogens with zero attached hydrogens (tertiary/aromatic N) is 1. The molecule has 0 bridgehead atoms. The summed E-state index contributed by atoms with van der Waals surface area (Å²) in [6.07, 6.45) is 2.44. The maximum atomic E-state index is 11.8. The molecule has 2 rings (SSSR count). The lowest BCUT2D eigenvalue weighted by atomic mass is 10.1. The van der Waals surface area contributed by atoms with Crippen LogP contribution in [0.4, 0.5) is 0 Å². The summed E-state index contributed by atoms with van der Waals surface area (Å²) in [5.41, 5.74) is 0.729. The van der Waals surface area contributed by atoms with E-state index < -0.39 is 0 Å². The van der Waals surface area contributed by atoms with Gasteiger partial charge in [-0.05, 0) is 30.5 Å². The van der Waals surface area contributed by atoms with Crippen LogP contribution in [0.15, 0.2) is 18.2 Å². The van der Waals surface area contributed by atoms with E-state index in [0.717, 1.165) is 31.5 Å². The quantitative estimate of drug-likeness (QED) is 0.739. The summed E-state index contributed by atoms with van der Waals surface area (Å²) in [4.78, 5) is 13.6. The summed E-state index contributed by atoms with van der Waals surface area (Å²) in [7, 11) is 0. The highest BCUT2D eigenvalue weighted by atomic mass is 16.3. The monoisotopic (exact) mass is 221 g/mol. The van der Waals surface area contributed by atoms with Crippen LogP contribution in [-0.4, -0.2) is 34.1 Å². The number of carbonyl (C=O) groups excluding carboxylic acids is 1. The summed E-state index contributed by atoms with van der Waals surface area (Å²) in [5.74, 6) is -0.244. The second kappa shape index (κ2) is 4.43. The topological polar surface area (TPSA) is 60.8 Å². The van der Waals surface area contributed by atoms with Gasteiger partial charge in [-0.25, -0.2) is 0 Å². The van der Waals surface area contributed by atoms with Crippen LogP contribution in [0.2, 0.25) is 0 Å². The molecule has 4 nitrogen and oxygen atoms in total. The van der Waals surface area contributed by atoms with Crippen LogP contribution >= 0.6 is 0 Å². The van der Waals surface area contributed by atoms with Gasteiger partial charge in [-0.1, -0.05) is 6.07 Å². The van der Waals surface area contributed by atoms with Crippen molar-refractivity contribution in [3.05, 3.63) is 23.8 Å². The minimum absolute atomic E-state index is 0.0857. The van der Waals surface area contributed by atoms with Gasteiger partial charge in [0.1, 0.15) is 0 Å². The van der Waals surface area contributed by atoms with Gasteiger partial charge in [-0.3, -0.25) is 4.79 Å². The molecule has 1 aliphatic heterocycles. The minimum atomic E-state index is -0.174.